The molecule has 0 radical (unpaired) electrons. The number of amides is 2. The summed E-state index contributed by atoms with van der Waals surface area (Å²) in [5.41, 5.74) is 6.21. The Morgan fingerprint density at radius 3 is 2.52 bits per heavy atom. The summed E-state index contributed by atoms with van der Waals surface area (Å²) in [7, 11) is 1.42. The Balaban J connectivity index is 1.77. The molecule has 1 unspecified atom stereocenters. The van der Waals surface area contributed by atoms with Crippen LogP contribution < -0.4 is 5.73 Å². The first-order valence-corrected chi connectivity index (χ1v) is 9.53. The summed E-state index contributed by atoms with van der Waals surface area (Å²) in [6.07, 6.45) is 2.88. The molecule has 29 heavy (non-hydrogen) atoms. The highest BCUT2D eigenvalue weighted by Crippen LogP contribution is 2.30. The summed E-state index contributed by atoms with van der Waals surface area (Å²) < 4.78 is 27.4. The lowest BCUT2D eigenvalue weighted by molar-refractivity contribution is -0.134. The molecule has 1 atom stereocenters. The molecule has 148 valence electrons. The van der Waals surface area contributed by atoms with E-state index in [1.165, 1.54) is 54.8 Å². The maximum Gasteiger partial charge on any atom is 0.247 e. The molecule has 3 rings (SSSR count). The van der Waals surface area contributed by atoms with Crippen LogP contribution in [0, 0.1) is 11.6 Å². The van der Waals surface area contributed by atoms with Gasteiger partial charge in [-0.15, -0.1) is 11.3 Å². The number of hydrogen-bond acceptors (Lipinski definition) is 3. The molecule has 1 aromatic heterocycles. The number of likely N-dealkylation sites (N-methyl/N-ethyl adjacent to an activating group) is 1. The molecule has 0 fully saturated rings. The van der Waals surface area contributed by atoms with Crippen molar-refractivity contribution in [1.29, 1.82) is 0 Å². The zero-order valence-electron chi connectivity index (χ0n) is 15.5. The monoisotopic (exact) mass is 412 g/mol. The van der Waals surface area contributed by atoms with Gasteiger partial charge in [0.1, 0.15) is 17.7 Å². The van der Waals surface area contributed by atoms with E-state index >= 15 is 0 Å². The van der Waals surface area contributed by atoms with Crippen molar-refractivity contribution in [3.8, 4) is 10.4 Å². The Bertz CT molecular complexity index is 1080. The van der Waals surface area contributed by atoms with Gasteiger partial charge in [-0.1, -0.05) is 30.3 Å². The number of carbonyl (C=O) groups excluding carboxylic acids is 2. The maximum atomic E-state index is 13.9. The molecule has 7 heteroatoms. The highest BCUT2D eigenvalue weighted by molar-refractivity contribution is 7.16. The minimum absolute atomic E-state index is 0.291. The molecule has 0 saturated heterocycles. The summed E-state index contributed by atoms with van der Waals surface area (Å²) in [5.74, 6) is -2.08. The molecule has 0 aliphatic rings. The first kappa shape index (κ1) is 20.4. The van der Waals surface area contributed by atoms with Crippen LogP contribution in [0.5, 0.6) is 0 Å². The van der Waals surface area contributed by atoms with Crippen LogP contribution in [0.3, 0.4) is 0 Å². The average Bonchev–Trinajstić information content (AvgIpc) is 3.15. The SMILES string of the molecule is CN(C(=O)/C=C/c1ccc(-c2ccccc2F)s1)C(C(N)=O)c1cccc(F)c1. The van der Waals surface area contributed by atoms with Crippen molar-refractivity contribution in [3.63, 3.8) is 0 Å². The molecule has 2 amide bonds. The Morgan fingerprint density at radius 1 is 1.07 bits per heavy atom. The van der Waals surface area contributed by atoms with Crippen LogP contribution >= 0.6 is 11.3 Å². The lowest BCUT2D eigenvalue weighted by atomic mass is 10.0. The van der Waals surface area contributed by atoms with Gasteiger partial charge in [-0.25, -0.2) is 8.78 Å². The summed E-state index contributed by atoms with van der Waals surface area (Å²) >= 11 is 1.33. The average molecular weight is 412 g/mol. The Hall–Kier alpha value is -3.32. The van der Waals surface area contributed by atoms with Crippen LogP contribution in [0.1, 0.15) is 16.5 Å². The lowest BCUT2D eigenvalue weighted by Crippen LogP contribution is -2.38. The van der Waals surface area contributed by atoms with E-state index in [0.717, 1.165) is 14.7 Å². The minimum atomic E-state index is -1.10. The number of benzene rings is 2. The van der Waals surface area contributed by atoms with Gasteiger partial charge in [0, 0.05) is 28.4 Å². The molecule has 0 aliphatic heterocycles. The molecule has 0 aliphatic carbocycles. The number of carbonyl (C=O) groups is 2. The number of thiophene rings is 1. The van der Waals surface area contributed by atoms with Gasteiger partial charge in [-0.2, -0.15) is 0 Å². The molecule has 4 nitrogen and oxygen atoms in total. The first-order valence-electron chi connectivity index (χ1n) is 8.71. The van der Waals surface area contributed by atoms with Gasteiger partial charge in [0.15, 0.2) is 0 Å². The third-order valence-corrected chi connectivity index (χ3v) is 5.41. The quantitative estimate of drug-likeness (QED) is 0.611. The van der Waals surface area contributed by atoms with Crippen LogP contribution in [0.25, 0.3) is 16.5 Å². The van der Waals surface area contributed by atoms with E-state index in [-0.39, 0.29) is 5.82 Å². The number of primary amides is 1. The van der Waals surface area contributed by atoms with Crippen molar-refractivity contribution in [2.75, 3.05) is 7.05 Å². The van der Waals surface area contributed by atoms with Gasteiger partial charge < -0.3 is 10.6 Å². The van der Waals surface area contributed by atoms with Crippen molar-refractivity contribution in [2.24, 2.45) is 5.73 Å². The molecule has 0 bridgehead atoms. The van der Waals surface area contributed by atoms with Gasteiger partial charge in [-0.3, -0.25) is 9.59 Å². The summed E-state index contributed by atoms with van der Waals surface area (Å²) in [6, 6.07) is 14.3. The number of nitrogens with two attached hydrogens (primary N) is 1. The molecule has 2 N–H and O–H groups in total. The molecular weight excluding hydrogens is 394 g/mol. The highest BCUT2D eigenvalue weighted by atomic mass is 32.1. The zero-order valence-corrected chi connectivity index (χ0v) is 16.3. The van der Waals surface area contributed by atoms with Crippen molar-refractivity contribution < 1.29 is 18.4 Å². The van der Waals surface area contributed by atoms with Crippen molar-refractivity contribution in [3.05, 3.63) is 88.8 Å². The first-order chi connectivity index (χ1) is 13.9. The van der Waals surface area contributed by atoms with E-state index in [1.807, 2.05) is 0 Å². The van der Waals surface area contributed by atoms with E-state index in [2.05, 4.69) is 0 Å². The van der Waals surface area contributed by atoms with Crippen LogP contribution in [0.15, 0.2) is 66.7 Å². The standard InChI is InChI=1S/C22H18F2N2O2S/c1-26(21(22(25)28)14-5-4-6-15(23)13-14)20(27)12-10-16-9-11-19(29-16)17-7-2-3-8-18(17)24/h2-13,21H,1H3,(H2,25,28)/b12-10+. The van der Waals surface area contributed by atoms with Crippen molar-refractivity contribution in [1.82, 2.24) is 4.90 Å². The second-order valence-electron chi connectivity index (χ2n) is 6.32. The van der Waals surface area contributed by atoms with Gasteiger partial charge >= 0.3 is 0 Å². The number of hydrogen-bond donors (Lipinski definition) is 1. The fourth-order valence-electron chi connectivity index (χ4n) is 2.90. The van der Waals surface area contributed by atoms with E-state index in [4.69, 9.17) is 5.73 Å². The zero-order chi connectivity index (χ0) is 21.0. The van der Waals surface area contributed by atoms with Crippen LogP contribution in [0.2, 0.25) is 0 Å². The van der Waals surface area contributed by atoms with Crippen LogP contribution in [-0.2, 0) is 9.59 Å². The van der Waals surface area contributed by atoms with Gasteiger partial charge in [0.2, 0.25) is 11.8 Å². The fraction of sp³-hybridized carbons (Fsp3) is 0.0909. The van der Waals surface area contributed by atoms with E-state index in [1.54, 1.807) is 36.4 Å². The van der Waals surface area contributed by atoms with Gasteiger partial charge in [-0.05, 0) is 42.0 Å². The smallest absolute Gasteiger partial charge is 0.247 e. The normalized spacial score (nSPS) is 12.1. The predicted octanol–water partition coefficient (Wildman–Crippen LogP) is 4.39. The summed E-state index contributed by atoms with van der Waals surface area (Å²) in [4.78, 5) is 27.0. The Morgan fingerprint density at radius 2 is 1.83 bits per heavy atom. The van der Waals surface area contributed by atoms with E-state index in [0.29, 0.717) is 11.1 Å². The van der Waals surface area contributed by atoms with Gasteiger partial charge in [0.05, 0.1) is 0 Å². The molecule has 2 aromatic carbocycles. The van der Waals surface area contributed by atoms with E-state index < -0.39 is 23.7 Å². The van der Waals surface area contributed by atoms with Crippen molar-refractivity contribution in [2.45, 2.75) is 6.04 Å². The highest BCUT2D eigenvalue weighted by Gasteiger charge is 2.26. The van der Waals surface area contributed by atoms with Crippen LogP contribution in [0.4, 0.5) is 8.78 Å². The third-order valence-electron chi connectivity index (χ3n) is 4.33. The van der Waals surface area contributed by atoms with Gasteiger partial charge in [0.25, 0.3) is 0 Å². The third kappa shape index (κ3) is 4.75. The molecular formula is C22H18F2N2O2S. The Labute approximate surface area is 170 Å². The second-order valence-corrected chi connectivity index (χ2v) is 7.44. The Kier molecular flexibility index (Phi) is 6.19. The molecule has 0 spiro atoms. The lowest BCUT2D eigenvalue weighted by Gasteiger charge is -2.25. The molecule has 0 saturated carbocycles. The second kappa shape index (κ2) is 8.79. The number of nitrogens with zero attached hydrogens (tertiary/aromatic N) is 1. The minimum Gasteiger partial charge on any atom is -0.368 e. The topological polar surface area (TPSA) is 63.4 Å². The largest absolute Gasteiger partial charge is 0.368 e. The molecule has 3 aromatic rings. The maximum absolute atomic E-state index is 13.9. The fourth-order valence-corrected chi connectivity index (χ4v) is 3.84. The number of rotatable bonds is 6. The van der Waals surface area contributed by atoms with Crippen LogP contribution in [-0.4, -0.2) is 23.8 Å². The number of halogens is 2. The van der Waals surface area contributed by atoms with E-state index in [9.17, 15) is 18.4 Å². The summed E-state index contributed by atoms with van der Waals surface area (Å²) in [6.45, 7) is 0. The summed E-state index contributed by atoms with van der Waals surface area (Å²) in [5, 5.41) is 0. The predicted molar refractivity (Wildman–Crippen MR) is 110 cm³/mol. The molecule has 1 heterocycles. The van der Waals surface area contributed by atoms with Crippen molar-refractivity contribution >= 4 is 29.2 Å².